The third kappa shape index (κ3) is 3.58. The molecule has 1 aliphatic rings. The molecule has 0 aromatic carbocycles. The van der Waals surface area contributed by atoms with Gasteiger partial charge in [0, 0.05) is 19.7 Å². The summed E-state index contributed by atoms with van der Waals surface area (Å²) in [6.07, 6.45) is 0.940. The summed E-state index contributed by atoms with van der Waals surface area (Å²) in [6.45, 7) is 6.15. The van der Waals surface area contributed by atoms with Gasteiger partial charge < -0.3 is 14.7 Å². The first-order valence-corrected chi connectivity index (χ1v) is 7.53. The van der Waals surface area contributed by atoms with Crippen molar-refractivity contribution >= 4 is 23.2 Å². The van der Waals surface area contributed by atoms with Gasteiger partial charge >= 0.3 is 5.97 Å². The van der Waals surface area contributed by atoms with Crippen LogP contribution in [0.15, 0.2) is 12.1 Å². The number of carbonyl (C=O) groups is 2. The highest BCUT2D eigenvalue weighted by molar-refractivity contribution is 7.15. The van der Waals surface area contributed by atoms with E-state index in [4.69, 9.17) is 9.84 Å². The van der Waals surface area contributed by atoms with Crippen molar-refractivity contribution in [3.05, 3.63) is 21.9 Å². The molecular formula is C14H19NO4S. The van der Waals surface area contributed by atoms with Crippen LogP contribution in [0.4, 0.5) is 0 Å². The Labute approximate surface area is 122 Å². The molecule has 0 aliphatic carbocycles. The average Bonchev–Trinajstić information content (AvgIpc) is 3.05. The monoisotopic (exact) mass is 297 g/mol. The van der Waals surface area contributed by atoms with Crippen molar-refractivity contribution in [3.63, 3.8) is 0 Å². The fourth-order valence-corrected chi connectivity index (χ4v) is 2.91. The first-order valence-electron chi connectivity index (χ1n) is 6.71. The number of amides is 1. The van der Waals surface area contributed by atoms with Crippen LogP contribution in [0.2, 0.25) is 0 Å². The molecule has 1 amide bonds. The van der Waals surface area contributed by atoms with Crippen molar-refractivity contribution in [3.8, 4) is 0 Å². The smallest absolute Gasteiger partial charge is 0.345 e. The van der Waals surface area contributed by atoms with Gasteiger partial charge in [0.1, 0.15) is 4.88 Å². The number of nitrogens with zero attached hydrogens (tertiary/aromatic N) is 1. The molecule has 1 aromatic rings. The summed E-state index contributed by atoms with van der Waals surface area (Å²) in [5.41, 5.74) is 0. The van der Waals surface area contributed by atoms with Crippen LogP contribution in [-0.2, 0) is 4.74 Å². The maximum atomic E-state index is 12.3. The first-order chi connectivity index (χ1) is 9.47. The van der Waals surface area contributed by atoms with E-state index in [0.717, 1.165) is 17.8 Å². The molecule has 0 spiro atoms. The number of ether oxygens (including phenoxy) is 1. The minimum Gasteiger partial charge on any atom is -0.477 e. The van der Waals surface area contributed by atoms with Crippen LogP contribution < -0.4 is 0 Å². The Hall–Kier alpha value is -1.40. The van der Waals surface area contributed by atoms with Crippen molar-refractivity contribution in [1.82, 2.24) is 4.90 Å². The Morgan fingerprint density at radius 2 is 2.15 bits per heavy atom. The largest absolute Gasteiger partial charge is 0.477 e. The summed E-state index contributed by atoms with van der Waals surface area (Å²) in [7, 11) is 0. The Kier molecular flexibility index (Phi) is 4.77. The predicted octanol–water partition coefficient (Wildman–Crippen LogP) is 2.33. The van der Waals surface area contributed by atoms with E-state index in [1.54, 1.807) is 11.0 Å². The zero-order chi connectivity index (χ0) is 14.7. The van der Waals surface area contributed by atoms with Gasteiger partial charge in [-0.15, -0.1) is 11.3 Å². The Bertz CT molecular complexity index is 497. The number of carbonyl (C=O) groups excluding carboxylic acids is 1. The summed E-state index contributed by atoms with van der Waals surface area (Å²) < 4.78 is 5.74. The van der Waals surface area contributed by atoms with E-state index in [1.165, 1.54) is 6.07 Å². The maximum Gasteiger partial charge on any atom is 0.345 e. The van der Waals surface area contributed by atoms with Gasteiger partial charge in [-0.1, -0.05) is 13.8 Å². The normalized spacial score (nSPS) is 18.8. The van der Waals surface area contributed by atoms with E-state index in [1.807, 2.05) is 0 Å². The molecule has 1 fully saturated rings. The molecule has 0 unspecified atom stereocenters. The topological polar surface area (TPSA) is 66.8 Å². The van der Waals surface area contributed by atoms with E-state index in [9.17, 15) is 9.59 Å². The second-order valence-corrected chi connectivity index (χ2v) is 6.44. The standard InChI is InChI=1S/C14H19NO4S/c1-9(2)8-19-10-5-6-15(7-10)13(16)11-3-4-12(20-11)14(17)18/h3-4,9-10H,5-8H2,1-2H3,(H,17,18)/t10-/m0/s1. The van der Waals surface area contributed by atoms with E-state index in [-0.39, 0.29) is 16.9 Å². The molecule has 2 heterocycles. The second kappa shape index (κ2) is 6.37. The van der Waals surface area contributed by atoms with Gasteiger partial charge in [-0.25, -0.2) is 4.79 Å². The summed E-state index contributed by atoms with van der Waals surface area (Å²) in [4.78, 5) is 25.5. The van der Waals surface area contributed by atoms with Gasteiger partial charge in [0.15, 0.2) is 0 Å². The quantitative estimate of drug-likeness (QED) is 0.906. The van der Waals surface area contributed by atoms with Gasteiger partial charge in [0.25, 0.3) is 5.91 Å². The molecule has 5 nitrogen and oxygen atoms in total. The SMILES string of the molecule is CC(C)CO[C@H]1CCN(C(=O)c2ccc(C(=O)O)s2)C1. The molecule has 1 N–H and O–H groups in total. The van der Waals surface area contributed by atoms with Gasteiger partial charge in [0.05, 0.1) is 11.0 Å². The molecule has 0 saturated carbocycles. The number of carboxylic acid groups (broad SMARTS) is 1. The summed E-state index contributed by atoms with van der Waals surface area (Å²) in [5.74, 6) is -0.609. The van der Waals surface area contributed by atoms with Crippen molar-refractivity contribution in [1.29, 1.82) is 0 Å². The number of hydrogen-bond donors (Lipinski definition) is 1. The fraction of sp³-hybridized carbons (Fsp3) is 0.571. The summed E-state index contributed by atoms with van der Waals surface area (Å²) in [6, 6.07) is 3.06. The molecule has 1 aromatic heterocycles. The van der Waals surface area contributed by atoms with Crippen LogP contribution >= 0.6 is 11.3 Å². The van der Waals surface area contributed by atoms with Crippen LogP contribution in [-0.4, -0.2) is 47.7 Å². The van der Waals surface area contributed by atoms with E-state index < -0.39 is 5.97 Å². The molecule has 0 bridgehead atoms. The minimum absolute atomic E-state index is 0.0975. The Morgan fingerprint density at radius 1 is 1.45 bits per heavy atom. The first kappa shape index (κ1) is 15.0. The van der Waals surface area contributed by atoms with E-state index in [0.29, 0.717) is 30.5 Å². The molecule has 0 radical (unpaired) electrons. The molecular weight excluding hydrogens is 278 g/mol. The zero-order valence-electron chi connectivity index (χ0n) is 11.7. The molecule has 2 rings (SSSR count). The zero-order valence-corrected chi connectivity index (χ0v) is 12.5. The van der Waals surface area contributed by atoms with E-state index >= 15 is 0 Å². The van der Waals surface area contributed by atoms with Crippen LogP contribution in [0.1, 0.15) is 39.6 Å². The number of rotatable bonds is 5. The van der Waals surface area contributed by atoms with Crippen molar-refractivity contribution < 1.29 is 19.4 Å². The number of carboxylic acids is 1. The Balaban J connectivity index is 1.92. The molecule has 6 heteroatoms. The van der Waals surface area contributed by atoms with Crippen LogP contribution in [0.3, 0.4) is 0 Å². The number of hydrogen-bond acceptors (Lipinski definition) is 4. The van der Waals surface area contributed by atoms with Crippen molar-refractivity contribution in [2.45, 2.75) is 26.4 Å². The van der Waals surface area contributed by atoms with Crippen LogP contribution in [0.25, 0.3) is 0 Å². The summed E-state index contributed by atoms with van der Waals surface area (Å²) >= 11 is 1.02. The number of thiophene rings is 1. The molecule has 20 heavy (non-hydrogen) atoms. The lowest BCUT2D eigenvalue weighted by molar-refractivity contribution is 0.0397. The number of aromatic carboxylic acids is 1. The lowest BCUT2D eigenvalue weighted by Gasteiger charge is -2.16. The fourth-order valence-electron chi connectivity index (χ4n) is 2.10. The van der Waals surface area contributed by atoms with E-state index in [2.05, 4.69) is 13.8 Å². The molecule has 110 valence electrons. The summed E-state index contributed by atoms with van der Waals surface area (Å²) in [5, 5.41) is 8.87. The lowest BCUT2D eigenvalue weighted by Crippen LogP contribution is -2.29. The predicted molar refractivity (Wildman–Crippen MR) is 76.4 cm³/mol. The van der Waals surface area contributed by atoms with Crippen molar-refractivity contribution in [2.75, 3.05) is 19.7 Å². The molecule has 1 atom stereocenters. The van der Waals surface area contributed by atoms with Crippen molar-refractivity contribution in [2.24, 2.45) is 5.92 Å². The molecule has 1 aliphatic heterocycles. The third-order valence-corrected chi connectivity index (χ3v) is 4.19. The third-order valence-electron chi connectivity index (χ3n) is 3.13. The van der Waals surface area contributed by atoms with Gasteiger partial charge in [0.2, 0.25) is 0 Å². The Morgan fingerprint density at radius 3 is 2.75 bits per heavy atom. The maximum absolute atomic E-state index is 12.3. The molecule has 1 saturated heterocycles. The van der Waals surface area contributed by atoms with Gasteiger partial charge in [-0.3, -0.25) is 4.79 Å². The van der Waals surface area contributed by atoms with Gasteiger partial charge in [-0.05, 0) is 24.5 Å². The number of likely N-dealkylation sites (tertiary alicyclic amines) is 1. The van der Waals surface area contributed by atoms with Gasteiger partial charge in [-0.2, -0.15) is 0 Å². The highest BCUT2D eigenvalue weighted by atomic mass is 32.1. The lowest BCUT2D eigenvalue weighted by atomic mass is 10.2. The highest BCUT2D eigenvalue weighted by Crippen LogP contribution is 2.22. The highest BCUT2D eigenvalue weighted by Gasteiger charge is 2.28. The van der Waals surface area contributed by atoms with Crippen LogP contribution in [0.5, 0.6) is 0 Å². The average molecular weight is 297 g/mol. The second-order valence-electron chi connectivity index (χ2n) is 5.36. The minimum atomic E-state index is -0.992. The van der Waals surface area contributed by atoms with Crippen LogP contribution in [0, 0.1) is 5.92 Å².